The van der Waals surface area contributed by atoms with Crippen molar-refractivity contribution in [1.29, 1.82) is 0 Å². The lowest BCUT2D eigenvalue weighted by Crippen LogP contribution is -2.29. The zero-order chi connectivity index (χ0) is 17.0. The van der Waals surface area contributed by atoms with E-state index in [0.717, 1.165) is 24.8 Å². The van der Waals surface area contributed by atoms with Crippen LogP contribution >= 0.6 is 0 Å². The van der Waals surface area contributed by atoms with Gasteiger partial charge in [-0.15, -0.1) is 6.58 Å². The number of hydrogen-bond acceptors (Lipinski definition) is 3. The van der Waals surface area contributed by atoms with Crippen molar-refractivity contribution in [3.8, 4) is 0 Å². The molecule has 1 fully saturated rings. The summed E-state index contributed by atoms with van der Waals surface area (Å²) in [6.45, 7) is 15.6. The Kier molecular flexibility index (Phi) is 6.16. The summed E-state index contributed by atoms with van der Waals surface area (Å²) >= 11 is 0. The summed E-state index contributed by atoms with van der Waals surface area (Å²) in [6, 6.07) is 0. The Bertz CT molecular complexity index is 456. The van der Waals surface area contributed by atoms with E-state index < -0.39 is 5.41 Å². The molecule has 1 rings (SSSR count). The molecule has 0 amide bonds. The Morgan fingerprint density at radius 2 is 2.09 bits per heavy atom. The van der Waals surface area contributed by atoms with Crippen molar-refractivity contribution in [1.82, 2.24) is 0 Å². The van der Waals surface area contributed by atoms with Crippen LogP contribution in [-0.2, 0) is 14.3 Å². The van der Waals surface area contributed by atoms with Gasteiger partial charge in [0, 0.05) is 11.8 Å². The van der Waals surface area contributed by atoms with Gasteiger partial charge < -0.3 is 4.74 Å². The van der Waals surface area contributed by atoms with E-state index in [1.54, 1.807) is 0 Å². The number of carbonyl (C=O) groups is 2. The molecule has 0 aromatic heterocycles. The van der Waals surface area contributed by atoms with E-state index in [4.69, 9.17) is 4.74 Å². The van der Waals surface area contributed by atoms with Gasteiger partial charge in [-0.1, -0.05) is 19.6 Å². The van der Waals surface area contributed by atoms with Crippen LogP contribution in [0.1, 0.15) is 59.8 Å². The lowest BCUT2D eigenvalue weighted by atomic mass is 9.73. The molecule has 0 spiro atoms. The standard InChI is InChI=1S/C19H30O3/c1-7-8-15-9-10-16(20)19(15,6)12-11-14(2)13-22-17(21)18(3,4)5/h7,15H,1-2,8-13H2,3-6H3/t15-,19+/m1/s1. The first-order chi connectivity index (χ1) is 10.1. The van der Waals surface area contributed by atoms with Crippen LogP contribution in [0.5, 0.6) is 0 Å². The molecule has 3 heteroatoms. The highest BCUT2D eigenvalue weighted by molar-refractivity contribution is 5.87. The van der Waals surface area contributed by atoms with Crippen molar-refractivity contribution in [3.63, 3.8) is 0 Å². The molecule has 3 nitrogen and oxygen atoms in total. The van der Waals surface area contributed by atoms with Gasteiger partial charge in [0.15, 0.2) is 0 Å². The molecule has 124 valence electrons. The van der Waals surface area contributed by atoms with Crippen LogP contribution in [0.3, 0.4) is 0 Å². The Labute approximate surface area is 134 Å². The maximum absolute atomic E-state index is 12.2. The Balaban J connectivity index is 2.50. The number of ether oxygens (including phenoxy) is 1. The number of esters is 1. The monoisotopic (exact) mass is 306 g/mol. The van der Waals surface area contributed by atoms with Crippen LogP contribution in [-0.4, -0.2) is 18.4 Å². The maximum atomic E-state index is 12.2. The molecule has 1 aliphatic rings. The first kappa shape index (κ1) is 18.7. The Morgan fingerprint density at radius 1 is 1.45 bits per heavy atom. The smallest absolute Gasteiger partial charge is 0.311 e. The average molecular weight is 306 g/mol. The normalized spacial score (nSPS) is 25.1. The molecule has 1 saturated carbocycles. The second kappa shape index (κ2) is 7.26. The van der Waals surface area contributed by atoms with Gasteiger partial charge in [0.1, 0.15) is 12.4 Å². The highest BCUT2D eigenvalue weighted by Crippen LogP contribution is 2.46. The zero-order valence-electron chi connectivity index (χ0n) is 14.5. The first-order valence-corrected chi connectivity index (χ1v) is 8.09. The first-order valence-electron chi connectivity index (χ1n) is 8.09. The van der Waals surface area contributed by atoms with Crippen LogP contribution in [0.15, 0.2) is 24.8 Å². The maximum Gasteiger partial charge on any atom is 0.311 e. The fraction of sp³-hybridized carbons (Fsp3) is 0.684. The van der Waals surface area contributed by atoms with Crippen molar-refractivity contribution in [2.75, 3.05) is 6.61 Å². The van der Waals surface area contributed by atoms with E-state index in [2.05, 4.69) is 20.1 Å². The summed E-state index contributed by atoms with van der Waals surface area (Å²) in [6.07, 6.45) is 5.89. The van der Waals surface area contributed by atoms with Crippen molar-refractivity contribution in [2.24, 2.45) is 16.7 Å². The van der Waals surface area contributed by atoms with E-state index in [-0.39, 0.29) is 18.0 Å². The molecule has 0 N–H and O–H groups in total. The summed E-state index contributed by atoms with van der Waals surface area (Å²) in [5.41, 5.74) is 0.0874. The second-order valence-electron chi connectivity index (χ2n) is 7.68. The molecule has 0 saturated heterocycles. The highest BCUT2D eigenvalue weighted by Gasteiger charge is 2.44. The van der Waals surface area contributed by atoms with Gasteiger partial charge in [-0.05, 0) is 57.9 Å². The zero-order valence-corrected chi connectivity index (χ0v) is 14.5. The van der Waals surface area contributed by atoms with Crippen molar-refractivity contribution in [2.45, 2.75) is 59.8 Å². The number of carbonyl (C=O) groups excluding carboxylic acids is 2. The molecule has 22 heavy (non-hydrogen) atoms. The predicted octanol–water partition coefficient (Wildman–Crippen LogP) is 4.47. The molecule has 0 aromatic rings. The lowest BCUT2D eigenvalue weighted by Gasteiger charge is -2.30. The fourth-order valence-corrected chi connectivity index (χ4v) is 2.95. The summed E-state index contributed by atoms with van der Waals surface area (Å²) in [5.74, 6) is 0.502. The topological polar surface area (TPSA) is 43.4 Å². The summed E-state index contributed by atoms with van der Waals surface area (Å²) in [4.78, 5) is 24.0. The van der Waals surface area contributed by atoms with E-state index in [0.29, 0.717) is 24.5 Å². The summed E-state index contributed by atoms with van der Waals surface area (Å²) in [7, 11) is 0. The molecule has 2 atom stereocenters. The van der Waals surface area contributed by atoms with Gasteiger partial charge in [0.05, 0.1) is 5.41 Å². The minimum atomic E-state index is -0.497. The van der Waals surface area contributed by atoms with Gasteiger partial charge in [0.2, 0.25) is 0 Å². The van der Waals surface area contributed by atoms with Crippen LogP contribution in [0.4, 0.5) is 0 Å². The average Bonchev–Trinajstić information content (AvgIpc) is 2.70. The minimum absolute atomic E-state index is 0.221. The highest BCUT2D eigenvalue weighted by atomic mass is 16.5. The van der Waals surface area contributed by atoms with E-state index in [9.17, 15) is 9.59 Å². The van der Waals surface area contributed by atoms with Crippen molar-refractivity contribution < 1.29 is 14.3 Å². The molecular weight excluding hydrogens is 276 g/mol. The Morgan fingerprint density at radius 3 is 2.64 bits per heavy atom. The largest absolute Gasteiger partial charge is 0.461 e. The fourth-order valence-electron chi connectivity index (χ4n) is 2.95. The van der Waals surface area contributed by atoms with E-state index in [1.165, 1.54) is 0 Å². The van der Waals surface area contributed by atoms with Gasteiger partial charge >= 0.3 is 5.97 Å². The van der Waals surface area contributed by atoms with Gasteiger partial charge in [0.25, 0.3) is 0 Å². The molecule has 0 aromatic carbocycles. The number of ketones is 1. The number of hydrogen-bond donors (Lipinski definition) is 0. The molecule has 0 unspecified atom stereocenters. The lowest BCUT2D eigenvalue weighted by molar-refractivity contribution is -0.152. The Hall–Kier alpha value is -1.38. The molecule has 0 heterocycles. The van der Waals surface area contributed by atoms with Crippen LogP contribution < -0.4 is 0 Å². The summed E-state index contributed by atoms with van der Waals surface area (Å²) < 4.78 is 5.28. The third-order valence-electron chi connectivity index (χ3n) is 4.73. The third-order valence-corrected chi connectivity index (χ3v) is 4.73. The molecular formula is C19H30O3. The molecule has 0 aliphatic heterocycles. The number of Topliss-reactive ketones (excluding diaryl/α,β-unsaturated/α-hetero) is 1. The van der Waals surface area contributed by atoms with Crippen LogP contribution in [0.2, 0.25) is 0 Å². The predicted molar refractivity (Wildman–Crippen MR) is 89.4 cm³/mol. The summed E-state index contributed by atoms with van der Waals surface area (Å²) in [5, 5.41) is 0. The van der Waals surface area contributed by atoms with Crippen molar-refractivity contribution >= 4 is 11.8 Å². The van der Waals surface area contributed by atoms with Gasteiger partial charge in [-0.3, -0.25) is 9.59 Å². The van der Waals surface area contributed by atoms with Gasteiger partial charge in [-0.2, -0.15) is 0 Å². The number of allylic oxidation sites excluding steroid dienone is 1. The third kappa shape index (κ3) is 4.56. The molecule has 0 bridgehead atoms. The van der Waals surface area contributed by atoms with Crippen LogP contribution in [0.25, 0.3) is 0 Å². The number of rotatable bonds is 7. The minimum Gasteiger partial charge on any atom is -0.461 e. The van der Waals surface area contributed by atoms with E-state index in [1.807, 2.05) is 26.8 Å². The van der Waals surface area contributed by atoms with Gasteiger partial charge in [-0.25, -0.2) is 0 Å². The molecule has 0 radical (unpaired) electrons. The SMILES string of the molecule is C=CC[C@@H]1CCC(=O)[C@@]1(C)CCC(=C)COC(=O)C(C)(C)C. The van der Waals surface area contributed by atoms with E-state index >= 15 is 0 Å². The van der Waals surface area contributed by atoms with Crippen LogP contribution in [0, 0.1) is 16.7 Å². The quantitative estimate of drug-likeness (QED) is 0.515. The molecule has 1 aliphatic carbocycles. The second-order valence-corrected chi connectivity index (χ2v) is 7.68. The van der Waals surface area contributed by atoms with Crippen molar-refractivity contribution in [3.05, 3.63) is 24.8 Å².